The Morgan fingerprint density at radius 1 is 1.07 bits per heavy atom. The van der Waals surface area contributed by atoms with Gasteiger partial charge in [0.1, 0.15) is 5.82 Å². The lowest BCUT2D eigenvalue weighted by Crippen LogP contribution is -2.26. The van der Waals surface area contributed by atoms with Crippen molar-refractivity contribution < 1.29 is 17.6 Å². The molecule has 1 amide bonds. The normalized spacial score (nSPS) is 12.5. The van der Waals surface area contributed by atoms with Crippen LogP contribution in [0.3, 0.4) is 0 Å². The number of nitrogens with zero attached hydrogens (tertiary/aromatic N) is 2. The van der Waals surface area contributed by atoms with Gasteiger partial charge in [0.25, 0.3) is 15.9 Å². The number of hydrogen-bond acceptors (Lipinski definition) is 6. The molecule has 7 nitrogen and oxygen atoms in total. The molecule has 0 aliphatic rings. The van der Waals surface area contributed by atoms with E-state index in [4.69, 9.17) is 0 Å². The number of rotatable bonds is 6. The second-order valence-electron chi connectivity index (χ2n) is 6.09. The Morgan fingerprint density at radius 3 is 2.36 bits per heavy atom. The summed E-state index contributed by atoms with van der Waals surface area (Å²) >= 11 is 0.741. The Hall–Kier alpha value is -2.69. The van der Waals surface area contributed by atoms with Crippen molar-refractivity contribution in [1.29, 1.82) is 0 Å². The van der Waals surface area contributed by atoms with E-state index in [0.29, 0.717) is 11.1 Å². The highest BCUT2D eigenvalue weighted by Gasteiger charge is 2.24. The van der Waals surface area contributed by atoms with Crippen LogP contribution in [-0.2, 0) is 10.0 Å². The van der Waals surface area contributed by atoms with E-state index >= 15 is 0 Å². The maximum absolute atomic E-state index is 13.0. The Bertz CT molecular complexity index is 1080. The van der Waals surface area contributed by atoms with E-state index in [1.807, 2.05) is 6.92 Å². The zero-order chi connectivity index (χ0) is 20.3. The van der Waals surface area contributed by atoms with Crippen molar-refractivity contribution in [2.45, 2.75) is 24.2 Å². The van der Waals surface area contributed by atoms with Crippen LogP contribution in [0.15, 0.2) is 52.9 Å². The summed E-state index contributed by atoms with van der Waals surface area (Å²) in [5.74, 6) is -0.815. The lowest BCUT2D eigenvalue weighted by molar-refractivity contribution is 0.102. The van der Waals surface area contributed by atoms with Crippen molar-refractivity contribution in [3.8, 4) is 0 Å². The highest BCUT2D eigenvalue weighted by Crippen LogP contribution is 2.23. The van der Waals surface area contributed by atoms with Crippen LogP contribution in [0.5, 0.6) is 0 Å². The molecule has 1 heterocycles. The Kier molecular flexibility index (Phi) is 5.82. The highest BCUT2D eigenvalue weighted by atomic mass is 32.2. The van der Waals surface area contributed by atoms with Crippen molar-refractivity contribution in [3.05, 3.63) is 71.0 Å². The predicted molar refractivity (Wildman–Crippen MR) is 104 cm³/mol. The van der Waals surface area contributed by atoms with Gasteiger partial charge in [-0.2, -0.15) is 0 Å². The number of hydrogen-bond donors (Lipinski definition) is 2. The molecule has 0 aliphatic carbocycles. The van der Waals surface area contributed by atoms with Gasteiger partial charge in [-0.25, -0.2) is 17.5 Å². The Balaban J connectivity index is 1.70. The van der Waals surface area contributed by atoms with E-state index in [2.05, 4.69) is 20.2 Å². The van der Waals surface area contributed by atoms with Crippen molar-refractivity contribution >= 4 is 32.4 Å². The third-order valence-corrected chi connectivity index (χ3v) is 6.62. The number of nitrogens with one attached hydrogen (secondary N) is 2. The van der Waals surface area contributed by atoms with Crippen LogP contribution in [-0.4, -0.2) is 24.5 Å². The van der Waals surface area contributed by atoms with Crippen LogP contribution in [0.25, 0.3) is 0 Å². The van der Waals surface area contributed by atoms with Gasteiger partial charge in [-0.1, -0.05) is 41.2 Å². The van der Waals surface area contributed by atoms with E-state index in [1.165, 1.54) is 24.3 Å². The van der Waals surface area contributed by atoms with Gasteiger partial charge < -0.3 is 0 Å². The summed E-state index contributed by atoms with van der Waals surface area (Å²) in [7, 11) is -3.95. The fraction of sp³-hybridized carbons (Fsp3) is 0.167. The molecule has 146 valence electrons. The van der Waals surface area contributed by atoms with Crippen molar-refractivity contribution in [2.75, 3.05) is 5.32 Å². The van der Waals surface area contributed by atoms with Gasteiger partial charge in [0.2, 0.25) is 9.47 Å². The average molecular weight is 420 g/mol. The first kappa shape index (κ1) is 20.1. The standard InChI is InChI=1S/C18H17FN4O3S2/c1-11-3-5-14(6-4-11)16(24)20-17-21-22-18(27-17)28(25,26)23-12(2)13-7-9-15(19)10-8-13/h3-10,12,23H,1-2H3,(H,20,21,24)/t12-/m1/s1. The highest BCUT2D eigenvalue weighted by molar-refractivity contribution is 7.91. The monoisotopic (exact) mass is 420 g/mol. The van der Waals surface area contributed by atoms with Crippen molar-refractivity contribution in [3.63, 3.8) is 0 Å². The zero-order valence-electron chi connectivity index (χ0n) is 15.0. The fourth-order valence-electron chi connectivity index (χ4n) is 2.35. The molecule has 3 rings (SSSR count). The molecular formula is C18H17FN4O3S2. The molecule has 1 aromatic heterocycles. The molecule has 0 saturated carbocycles. The minimum absolute atomic E-state index is 0.0698. The maximum Gasteiger partial charge on any atom is 0.270 e. The molecule has 28 heavy (non-hydrogen) atoms. The van der Waals surface area contributed by atoms with Crippen LogP contribution in [0.1, 0.15) is 34.5 Å². The first-order valence-corrected chi connectivity index (χ1v) is 10.5. The number of amides is 1. The first-order chi connectivity index (χ1) is 13.2. The van der Waals surface area contributed by atoms with Crippen molar-refractivity contribution in [1.82, 2.24) is 14.9 Å². The van der Waals surface area contributed by atoms with E-state index in [-0.39, 0.29) is 9.47 Å². The molecule has 0 saturated heterocycles. The molecule has 0 aliphatic heterocycles. The Morgan fingerprint density at radius 2 is 1.71 bits per heavy atom. The largest absolute Gasteiger partial charge is 0.296 e. The van der Waals surface area contributed by atoms with E-state index in [9.17, 15) is 17.6 Å². The number of halogens is 1. The second-order valence-corrected chi connectivity index (χ2v) is 8.95. The molecule has 0 unspecified atom stereocenters. The molecule has 0 bridgehead atoms. The molecule has 0 radical (unpaired) electrons. The van der Waals surface area contributed by atoms with Crippen LogP contribution in [0.2, 0.25) is 0 Å². The van der Waals surface area contributed by atoms with Gasteiger partial charge in [-0.15, -0.1) is 10.2 Å². The van der Waals surface area contributed by atoms with Crippen LogP contribution >= 0.6 is 11.3 Å². The summed E-state index contributed by atoms with van der Waals surface area (Å²) in [6.07, 6.45) is 0. The smallest absolute Gasteiger partial charge is 0.270 e. The average Bonchev–Trinajstić information content (AvgIpc) is 3.12. The maximum atomic E-state index is 13.0. The molecule has 3 aromatic rings. The molecule has 0 fully saturated rings. The molecular weight excluding hydrogens is 403 g/mol. The number of anilines is 1. The number of aromatic nitrogens is 2. The van der Waals surface area contributed by atoms with E-state index in [1.54, 1.807) is 31.2 Å². The summed E-state index contributed by atoms with van der Waals surface area (Å²) in [5, 5.41) is 9.98. The van der Waals surface area contributed by atoms with Gasteiger partial charge in [-0.05, 0) is 43.7 Å². The number of carbonyl (C=O) groups is 1. The number of benzene rings is 2. The quantitative estimate of drug-likeness (QED) is 0.596. The van der Waals surface area contributed by atoms with Crippen LogP contribution in [0.4, 0.5) is 9.52 Å². The summed E-state index contributed by atoms with van der Waals surface area (Å²) in [6.45, 7) is 3.54. The van der Waals surface area contributed by atoms with Crippen molar-refractivity contribution in [2.24, 2.45) is 0 Å². The summed E-state index contributed by atoms with van der Waals surface area (Å²) in [5.41, 5.74) is 2.04. The predicted octanol–water partition coefficient (Wildman–Crippen LogP) is 3.28. The lowest BCUT2D eigenvalue weighted by Gasteiger charge is -2.12. The summed E-state index contributed by atoms with van der Waals surface area (Å²) in [4.78, 5) is 12.2. The molecule has 2 aromatic carbocycles. The van der Waals surface area contributed by atoms with Gasteiger partial charge in [0.15, 0.2) is 0 Å². The zero-order valence-corrected chi connectivity index (χ0v) is 16.6. The van der Waals surface area contributed by atoms with Gasteiger partial charge in [0, 0.05) is 11.6 Å². The topological polar surface area (TPSA) is 101 Å². The summed E-state index contributed by atoms with van der Waals surface area (Å²) in [6, 6.07) is 11.8. The van der Waals surface area contributed by atoms with Crippen LogP contribution in [0, 0.1) is 12.7 Å². The number of carbonyl (C=O) groups excluding carboxylic acids is 1. The van der Waals surface area contributed by atoms with Crippen LogP contribution < -0.4 is 10.0 Å². The third-order valence-electron chi connectivity index (χ3n) is 3.87. The number of sulfonamides is 1. The molecule has 10 heteroatoms. The van der Waals surface area contributed by atoms with Gasteiger partial charge >= 0.3 is 0 Å². The molecule has 1 atom stereocenters. The lowest BCUT2D eigenvalue weighted by atomic mass is 10.1. The minimum Gasteiger partial charge on any atom is -0.296 e. The third kappa shape index (κ3) is 4.77. The van der Waals surface area contributed by atoms with E-state index in [0.717, 1.165) is 16.9 Å². The molecule has 0 spiro atoms. The fourth-order valence-corrected chi connectivity index (χ4v) is 4.49. The summed E-state index contributed by atoms with van der Waals surface area (Å²) < 4.78 is 40.2. The SMILES string of the molecule is Cc1ccc(C(=O)Nc2nnc(S(=O)(=O)N[C@H](C)c3ccc(F)cc3)s2)cc1. The first-order valence-electron chi connectivity index (χ1n) is 8.24. The minimum atomic E-state index is -3.95. The second kappa shape index (κ2) is 8.13. The number of aryl methyl sites for hydroxylation is 1. The Labute approximate surface area is 165 Å². The molecule has 2 N–H and O–H groups in total. The van der Waals surface area contributed by atoms with Gasteiger partial charge in [-0.3, -0.25) is 10.1 Å². The van der Waals surface area contributed by atoms with E-state index < -0.39 is 27.8 Å². The van der Waals surface area contributed by atoms with Gasteiger partial charge in [0.05, 0.1) is 0 Å².